The number of carbonyl (C=O) groups is 1. The molecule has 4 heterocycles. The molecule has 0 bridgehead atoms. The Morgan fingerprint density at radius 1 is 0.915 bits per heavy atom. The Morgan fingerprint density at radius 2 is 1.61 bits per heavy atom. The van der Waals surface area contributed by atoms with Gasteiger partial charge in [0.05, 0.1) is 11.9 Å². The summed E-state index contributed by atoms with van der Waals surface area (Å²) in [5.41, 5.74) is 13.8. The molecule has 3 saturated heterocycles. The number of rotatable bonds is 17. The van der Waals surface area contributed by atoms with E-state index in [1.54, 1.807) is 0 Å². The summed E-state index contributed by atoms with van der Waals surface area (Å²) in [5.74, 6) is 15.4. The summed E-state index contributed by atoms with van der Waals surface area (Å²) >= 11 is 0. The second kappa shape index (κ2) is 21.0. The fourth-order valence-electron chi connectivity index (χ4n) is 8.52. The van der Waals surface area contributed by atoms with Crippen molar-refractivity contribution in [2.24, 2.45) is 28.5 Å². The molecule has 0 atom stereocenters. The lowest BCUT2D eigenvalue weighted by molar-refractivity contribution is -0.109. The van der Waals surface area contributed by atoms with Crippen molar-refractivity contribution < 1.29 is 14.1 Å². The molecule has 59 heavy (non-hydrogen) atoms. The average molecular weight is 801 g/mol. The number of nitrogens with two attached hydrogens (primary N) is 2. The van der Waals surface area contributed by atoms with Gasteiger partial charge in [0.1, 0.15) is 17.4 Å². The number of ether oxygens (including phenoxy) is 1. The molecule has 1 aromatic heterocycles. The van der Waals surface area contributed by atoms with E-state index in [0.717, 1.165) is 96.4 Å². The molecule has 0 unspecified atom stereocenters. The Balaban J connectivity index is 0.766. The van der Waals surface area contributed by atoms with E-state index >= 15 is 0 Å². The van der Waals surface area contributed by atoms with Crippen molar-refractivity contribution in [2.75, 3.05) is 65.4 Å². The van der Waals surface area contributed by atoms with Crippen LogP contribution in [-0.2, 0) is 11.3 Å². The van der Waals surface area contributed by atoms with Gasteiger partial charge in [-0.05, 0) is 125 Å². The van der Waals surface area contributed by atoms with Crippen molar-refractivity contribution in [1.82, 2.24) is 36.0 Å². The summed E-state index contributed by atoms with van der Waals surface area (Å²) in [6, 6.07) is 22.1. The summed E-state index contributed by atoms with van der Waals surface area (Å²) in [7, 11) is 0. The van der Waals surface area contributed by atoms with Gasteiger partial charge in [0.15, 0.2) is 11.6 Å². The zero-order valence-electron chi connectivity index (χ0n) is 34.2. The maximum atomic E-state index is 10.4. The number of nitrogens with one attached hydrogen (secondary N) is 3. The first kappa shape index (κ1) is 41.8. The number of amides is 1. The number of carbonyl (C=O) groups excluding carboxylic acids is 1. The molecule has 0 aliphatic carbocycles. The van der Waals surface area contributed by atoms with Crippen LogP contribution in [0.3, 0.4) is 0 Å². The van der Waals surface area contributed by atoms with Gasteiger partial charge in [-0.3, -0.25) is 9.69 Å². The van der Waals surface area contributed by atoms with Crippen molar-refractivity contribution >= 4 is 23.1 Å². The molecular weight excluding hydrogens is 741 g/mol. The van der Waals surface area contributed by atoms with Crippen LogP contribution in [0.15, 0.2) is 88.6 Å². The predicted molar refractivity (Wildman–Crippen MR) is 234 cm³/mol. The van der Waals surface area contributed by atoms with Crippen molar-refractivity contribution in [1.29, 1.82) is 0 Å². The third-order valence-corrected chi connectivity index (χ3v) is 12.0. The molecule has 7 N–H and O–H groups in total. The second-order valence-corrected chi connectivity index (χ2v) is 16.3. The molecule has 3 fully saturated rings. The topological polar surface area (TPSA) is 163 Å². The largest absolute Gasteiger partial charge is 0.490 e. The molecule has 3 aliphatic rings. The van der Waals surface area contributed by atoms with Gasteiger partial charge < -0.3 is 35.4 Å². The van der Waals surface area contributed by atoms with E-state index in [9.17, 15) is 4.79 Å². The molecule has 3 aliphatic heterocycles. The lowest BCUT2D eigenvalue weighted by Gasteiger charge is -2.39. The molecule has 312 valence electrons. The maximum Gasteiger partial charge on any atom is 0.207 e. The normalized spacial score (nSPS) is 17.9. The smallest absolute Gasteiger partial charge is 0.207 e. The Kier molecular flexibility index (Phi) is 14.9. The van der Waals surface area contributed by atoms with Crippen molar-refractivity contribution in [3.63, 3.8) is 0 Å². The minimum absolute atomic E-state index is 0.197. The van der Waals surface area contributed by atoms with Gasteiger partial charge in [-0.2, -0.15) is 0 Å². The third kappa shape index (κ3) is 12.1. The molecule has 0 spiro atoms. The van der Waals surface area contributed by atoms with Crippen LogP contribution >= 0.6 is 0 Å². The Morgan fingerprint density at radius 3 is 2.31 bits per heavy atom. The fourth-order valence-corrected chi connectivity index (χ4v) is 8.52. The number of hydrogen-bond donors (Lipinski definition) is 5. The van der Waals surface area contributed by atoms with Gasteiger partial charge >= 0.3 is 0 Å². The number of hydrazine groups is 1. The SMILES string of the molecule is C=C(CCNC=O)NCc1ccc(C#CCN2CCC(CN3CCC(CN4CCC(Oc5cccc(-c6onc7ccc(/C(N)=N/NN)cc67)c5)CC4)CC3)CC2)cc1. The van der Waals surface area contributed by atoms with Gasteiger partial charge in [0, 0.05) is 68.1 Å². The van der Waals surface area contributed by atoms with Gasteiger partial charge in [-0.15, -0.1) is 5.10 Å². The summed E-state index contributed by atoms with van der Waals surface area (Å²) in [6.45, 7) is 15.5. The van der Waals surface area contributed by atoms with Crippen molar-refractivity contribution in [2.45, 2.75) is 57.6 Å². The highest BCUT2D eigenvalue weighted by Crippen LogP contribution is 2.32. The lowest BCUT2D eigenvalue weighted by Crippen LogP contribution is -2.45. The van der Waals surface area contributed by atoms with E-state index in [-0.39, 0.29) is 11.9 Å². The number of amidine groups is 1. The highest BCUT2D eigenvalue weighted by Gasteiger charge is 2.28. The first-order valence-corrected chi connectivity index (χ1v) is 21.2. The number of piperidine rings is 3. The van der Waals surface area contributed by atoms with Gasteiger partial charge in [-0.1, -0.05) is 47.8 Å². The van der Waals surface area contributed by atoms with Crippen LogP contribution in [0.5, 0.6) is 5.75 Å². The van der Waals surface area contributed by atoms with Gasteiger partial charge in [-0.25, -0.2) is 11.4 Å². The van der Waals surface area contributed by atoms with Crippen LogP contribution in [0.1, 0.15) is 61.6 Å². The number of hydrazone groups is 1. The lowest BCUT2D eigenvalue weighted by atomic mass is 9.92. The third-order valence-electron chi connectivity index (χ3n) is 12.0. The number of benzene rings is 3. The van der Waals surface area contributed by atoms with E-state index < -0.39 is 0 Å². The molecule has 1 amide bonds. The van der Waals surface area contributed by atoms with Crippen LogP contribution in [0, 0.1) is 23.7 Å². The first-order valence-electron chi connectivity index (χ1n) is 21.2. The fraction of sp³-hybridized carbons (Fsp3) is 0.457. The highest BCUT2D eigenvalue weighted by molar-refractivity contribution is 6.02. The van der Waals surface area contributed by atoms with Crippen LogP contribution in [-0.4, -0.2) is 104 Å². The van der Waals surface area contributed by atoms with Crippen LogP contribution < -0.4 is 32.5 Å². The number of nitrogens with zero attached hydrogens (tertiary/aromatic N) is 5. The Bertz CT molecular complexity index is 2070. The molecule has 13 nitrogen and oxygen atoms in total. The Hall–Kier alpha value is -5.39. The van der Waals surface area contributed by atoms with E-state index in [0.29, 0.717) is 31.7 Å². The molecular formula is C46H60N10O3. The Labute approximate surface area is 348 Å². The quantitative estimate of drug-likeness (QED) is 0.0193. The molecule has 0 radical (unpaired) electrons. The molecule has 7 rings (SSSR count). The second-order valence-electron chi connectivity index (χ2n) is 16.3. The summed E-state index contributed by atoms with van der Waals surface area (Å²) in [6.07, 6.45) is 8.81. The van der Waals surface area contributed by atoms with Crippen molar-refractivity contribution in [3.8, 4) is 28.9 Å². The number of fused-ring (bicyclic) bond motifs is 1. The van der Waals surface area contributed by atoms with Crippen LogP contribution in [0.2, 0.25) is 0 Å². The minimum atomic E-state index is 0.197. The number of hydrogen-bond acceptors (Lipinski definition) is 11. The molecule has 4 aromatic rings. The first-order chi connectivity index (χ1) is 28.9. The van der Waals surface area contributed by atoms with E-state index in [1.807, 2.05) is 42.5 Å². The zero-order chi connectivity index (χ0) is 40.8. The van der Waals surface area contributed by atoms with E-state index in [2.05, 4.69) is 83.8 Å². The minimum Gasteiger partial charge on any atom is -0.490 e. The van der Waals surface area contributed by atoms with Crippen LogP contribution in [0.25, 0.3) is 22.2 Å². The predicted octanol–water partition coefficient (Wildman–Crippen LogP) is 4.64. The van der Waals surface area contributed by atoms with E-state index in [4.69, 9.17) is 20.8 Å². The standard InChI is InChI=1S/C46H60N10O3/c1-34(13-20-49-33-57)50-30-36-9-7-35(8-10-36)4-3-21-54-22-14-37(15-23-54)31-55-24-16-38(17-25-55)32-56-26-18-41(19-27-56)58-42-6-2-5-39(28-42)45-43-29-40(46(47)51-53-48)11-12-44(43)52-59-45/h2,5-12,28-29,33,37-38,41,50,53H,1,13-27,30-32,48H2,(H2,47,51)(H,49,57). The van der Waals surface area contributed by atoms with Crippen molar-refractivity contribution in [3.05, 3.63) is 95.7 Å². The van der Waals surface area contributed by atoms with Gasteiger partial charge in [0.25, 0.3) is 0 Å². The molecule has 13 heteroatoms. The summed E-state index contributed by atoms with van der Waals surface area (Å²) in [4.78, 5) is 18.3. The molecule has 3 aromatic carbocycles. The monoisotopic (exact) mass is 800 g/mol. The average Bonchev–Trinajstić information content (AvgIpc) is 3.69. The summed E-state index contributed by atoms with van der Waals surface area (Å²) < 4.78 is 12.3. The number of likely N-dealkylation sites (tertiary alicyclic amines) is 3. The van der Waals surface area contributed by atoms with Gasteiger partial charge in [0.2, 0.25) is 6.41 Å². The highest BCUT2D eigenvalue weighted by atomic mass is 16.5. The maximum absolute atomic E-state index is 10.4. The molecule has 0 saturated carbocycles. The summed E-state index contributed by atoms with van der Waals surface area (Å²) in [5, 5.41) is 15.0. The zero-order valence-corrected chi connectivity index (χ0v) is 34.2. The van der Waals surface area contributed by atoms with Crippen LogP contribution in [0.4, 0.5) is 0 Å². The van der Waals surface area contributed by atoms with E-state index in [1.165, 1.54) is 57.4 Å². The number of aromatic nitrogens is 1.